The Morgan fingerprint density at radius 2 is 2.12 bits per heavy atom. The predicted octanol–water partition coefficient (Wildman–Crippen LogP) is 1.95. The maximum atomic E-state index is 10.9. The Bertz CT molecular complexity index is 452. The number of benzene rings is 1. The molecule has 0 bridgehead atoms. The number of nitrogens with zero attached hydrogens (tertiary/aromatic N) is 1. The minimum Gasteiger partial charge on any atom is -0.478 e. The van der Waals surface area contributed by atoms with Crippen LogP contribution in [0.4, 0.5) is 0 Å². The minimum absolute atomic E-state index is 0.422. The molecule has 1 unspecified atom stereocenters. The van der Waals surface area contributed by atoms with E-state index in [9.17, 15) is 4.79 Å². The first-order chi connectivity index (χ1) is 8.24. The molecule has 0 saturated carbocycles. The first-order valence-corrected chi connectivity index (χ1v) is 6.33. The van der Waals surface area contributed by atoms with Crippen molar-refractivity contribution in [2.24, 2.45) is 0 Å². The van der Waals surface area contributed by atoms with E-state index in [0.717, 1.165) is 12.8 Å². The van der Waals surface area contributed by atoms with E-state index < -0.39 is 5.97 Å². The average molecular weight is 231 g/mol. The fourth-order valence-corrected chi connectivity index (χ4v) is 2.89. The van der Waals surface area contributed by atoms with Gasteiger partial charge in [-0.15, -0.1) is 0 Å². The highest BCUT2D eigenvalue weighted by atomic mass is 16.4. The predicted molar refractivity (Wildman–Crippen MR) is 65.4 cm³/mol. The van der Waals surface area contributed by atoms with Crippen LogP contribution in [-0.2, 0) is 12.8 Å². The Balaban J connectivity index is 1.81. The number of fused-ring (bicyclic) bond motifs is 1. The summed E-state index contributed by atoms with van der Waals surface area (Å²) in [5.41, 5.74) is 3.01. The number of likely N-dealkylation sites (tertiary alicyclic amines) is 1. The number of carboxylic acid groups (broad SMARTS) is 1. The molecule has 0 radical (unpaired) electrons. The minimum atomic E-state index is -0.822. The third-order valence-corrected chi connectivity index (χ3v) is 4.06. The zero-order valence-electron chi connectivity index (χ0n) is 9.85. The van der Waals surface area contributed by atoms with Crippen molar-refractivity contribution in [1.82, 2.24) is 4.90 Å². The molecule has 1 fully saturated rings. The summed E-state index contributed by atoms with van der Waals surface area (Å²) in [6, 6.07) is 6.28. The second kappa shape index (κ2) is 4.15. The number of hydrogen-bond acceptors (Lipinski definition) is 2. The highest BCUT2D eigenvalue weighted by molar-refractivity contribution is 5.87. The summed E-state index contributed by atoms with van der Waals surface area (Å²) in [6.45, 7) is 2.49. The fraction of sp³-hybridized carbons (Fsp3) is 0.500. The lowest BCUT2D eigenvalue weighted by Gasteiger charge is -2.40. The molecular weight excluding hydrogens is 214 g/mol. The van der Waals surface area contributed by atoms with Crippen molar-refractivity contribution in [3.05, 3.63) is 34.9 Å². The highest BCUT2D eigenvalue weighted by Crippen LogP contribution is 2.27. The highest BCUT2D eigenvalue weighted by Gasteiger charge is 2.27. The summed E-state index contributed by atoms with van der Waals surface area (Å²) < 4.78 is 0. The van der Waals surface area contributed by atoms with E-state index >= 15 is 0 Å². The van der Waals surface area contributed by atoms with Gasteiger partial charge in [-0.25, -0.2) is 4.79 Å². The van der Waals surface area contributed by atoms with E-state index in [1.165, 1.54) is 37.1 Å². The number of aromatic carboxylic acids is 1. The lowest BCUT2D eigenvalue weighted by molar-refractivity contribution is 0.0696. The molecule has 1 aromatic rings. The smallest absolute Gasteiger partial charge is 0.335 e. The van der Waals surface area contributed by atoms with E-state index in [1.807, 2.05) is 12.1 Å². The lowest BCUT2D eigenvalue weighted by atomic mass is 9.85. The summed E-state index contributed by atoms with van der Waals surface area (Å²) >= 11 is 0. The molecule has 1 N–H and O–H groups in total. The molecular formula is C14H17NO2. The van der Waals surface area contributed by atoms with Gasteiger partial charge in [0.1, 0.15) is 0 Å². The zero-order valence-corrected chi connectivity index (χ0v) is 9.85. The molecule has 17 heavy (non-hydrogen) atoms. The van der Waals surface area contributed by atoms with Gasteiger partial charge in [-0.3, -0.25) is 4.90 Å². The van der Waals surface area contributed by atoms with Crippen molar-refractivity contribution < 1.29 is 9.90 Å². The summed E-state index contributed by atoms with van der Waals surface area (Å²) in [5, 5.41) is 8.97. The second-order valence-corrected chi connectivity index (χ2v) is 5.07. The third-order valence-electron chi connectivity index (χ3n) is 4.06. The molecule has 1 atom stereocenters. The Hall–Kier alpha value is -1.35. The van der Waals surface area contributed by atoms with Crippen LogP contribution in [0, 0.1) is 0 Å². The molecule has 1 aliphatic carbocycles. The van der Waals surface area contributed by atoms with Crippen LogP contribution in [0.1, 0.15) is 34.3 Å². The molecule has 90 valence electrons. The van der Waals surface area contributed by atoms with Gasteiger partial charge in [0.25, 0.3) is 0 Å². The average Bonchev–Trinajstić information content (AvgIpc) is 2.26. The zero-order chi connectivity index (χ0) is 11.8. The number of hydrogen-bond donors (Lipinski definition) is 1. The Morgan fingerprint density at radius 3 is 2.76 bits per heavy atom. The first kappa shape index (κ1) is 10.8. The Kier molecular flexibility index (Phi) is 2.63. The van der Waals surface area contributed by atoms with E-state index in [4.69, 9.17) is 5.11 Å². The topological polar surface area (TPSA) is 40.5 Å². The molecule has 3 heteroatoms. The number of rotatable bonds is 2. The molecule has 1 aliphatic heterocycles. The quantitative estimate of drug-likeness (QED) is 0.845. The SMILES string of the molecule is O=C(O)c1ccc2c(c1)CCC(N1CCC1)C2. The van der Waals surface area contributed by atoms with Gasteiger partial charge in [-0.05, 0) is 62.0 Å². The first-order valence-electron chi connectivity index (χ1n) is 6.33. The Labute approximate surface area is 101 Å². The molecule has 1 saturated heterocycles. The van der Waals surface area contributed by atoms with E-state index in [2.05, 4.69) is 4.90 Å². The Morgan fingerprint density at radius 1 is 1.29 bits per heavy atom. The number of aryl methyl sites for hydroxylation is 1. The van der Waals surface area contributed by atoms with Crippen LogP contribution in [0.25, 0.3) is 0 Å². The van der Waals surface area contributed by atoms with Crippen molar-refractivity contribution >= 4 is 5.97 Å². The molecule has 2 aliphatic rings. The maximum Gasteiger partial charge on any atom is 0.335 e. The van der Waals surface area contributed by atoms with Gasteiger partial charge < -0.3 is 5.11 Å². The maximum absolute atomic E-state index is 10.9. The number of carbonyl (C=O) groups is 1. The molecule has 0 aromatic heterocycles. The van der Waals surface area contributed by atoms with Crippen molar-refractivity contribution in [2.75, 3.05) is 13.1 Å². The number of carboxylic acids is 1. The molecule has 3 rings (SSSR count). The fourth-order valence-electron chi connectivity index (χ4n) is 2.89. The largest absolute Gasteiger partial charge is 0.478 e. The molecule has 0 amide bonds. The second-order valence-electron chi connectivity index (χ2n) is 5.07. The van der Waals surface area contributed by atoms with Crippen LogP contribution in [0.15, 0.2) is 18.2 Å². The summed E-state index contributed by atoms with van der Waals surface area (Å²) in [7, 11) is 0. The molecule has 0 spiro atoms. The van der Waals surface area contributed by atoms with Gasteiger partial charge in [0.2, 0.25) is 0 Å². The van der Waals surface area contributed by atoms with E-state index in [-0.39, 0.29) is 0 Å². The van der Waals surface area contributed by atoms with Crippen molar-refractivity contribution in [2.45, 2.75) is 31.7 Å². The van der Waals surface area contributed by atoms with Crippen LogP contribution in [0.3, 0.4) is 0 Å². The third kappa shape index (κ3) is 1.95. The van der Waals surface area contributed by atoms with Crippen LogP contribution < -0.4 is 0 Å². The van der Waals surface area contributed by atoms with Crippen molar-refractivity contribution in [3.8, 4) is 0 Å². The van der Waals surface area contributed by atoms with Crippen molar-refractivity contribution in [3.63, 3.8) is 0 Å². The van der Waals surface area contributed by atoms with Gasteiger partial charge in [0, 0.05) is 6.04 Å². The standard InChI is InChI=1S/C14H17NO2/c16-14(17)12-3-2-11-9-13(15-6-1-7-15)5-4-10(11)8-12/h2-3,8,13H,1,4-7,9H2,(H,16,17). The summed E-state index contributed by atoms with van der Waals surface area (Å²) in [4.78, 5) is 13.5. The van der Waals surface area contributed by atoms with E-state index in [1.54, 1.807) is 6.07 Å². The molecule has 1 aromatic carbocycles. The molecule has 3 nitrogen and oxygen atoms in total. The van der Waals surface area contributed by atoms with Crippen LogP contribution in [-0.4, -0.2) is 35.1 Å². The van der Waals surface area contributed by atoms with Gasteiger partial charge in [-0.1, -0.05) is 6.07 Å². The van der Waals surface area contributed by atoms with Gasteiger partial charge in [-0.2, -0.15) is 0 Å². The van der Waals surface area contributed by atoms with Crippen LogP contribution in [0.5, 0.6) is 0 Å². The van der Waals surface area contributed by atoms with Crippen molar-refractivity contribution in [1.29, 1.82) is 0 Å². The van der Waals surface area contributed by atoms with Crippen LogP contribution in [0.2, 0.25) is 0 Å². The van der Waals surface area contributed by atoms with E-state index in [0.29, 0.717) is 11.6 Å². The van der Waals surface area contributed by atoms with Gasteiger partial charge in [0.05, 0.1) is 5.56 Å². The van der Waals surface area contributed by atoms with Crippen LogP contribution >= 0.6 is 0 Å². The summed E-state index contributed by atoms with van der Waals surface area (Å²) in [6.07, 6.45) is 4.63. The summed E-state index contributed by atoms with van der Waals surface area (Å²) in [5.74, 6) is -0.822. The van der Waals surface area contributed by atoms with Gasteiger partial charge >= 0.3 is 5.97 Å². The monoisotopic (exact) mass is 231 g/mol. The normalized spacial score (nSPS) is 23.9. The van der Waals surface area contributed by atoms with Gasteiger partial charge in [0.15, 0.2) is 0 Å². The molecule has 1 heterocycles. The lowest BCUT2D eigenvalue weighted by Crippen LogP contribution is -2.47.